The highest BCUT2D eigenvalue weighted by Crippen LogP contribution is 2.24. The molecular formula is C14H19Cl2N3O2S. The number of hydrogen-bond acceptors (Lipinski definition) is 5. The van der Waals surface area contributed by atoms with Crippen LogP contribution in [0.25, 0.3) is 11.5 Å². The van der Waals surface area contributed by atoms with Gasteiger partial charge in [-0.25, -0.2) is 4.98 Å². The van der Waals surface area contributed by atoms with Crippen LogP contribution in [0.5, 0.6) is 0 Å². The zero-order valence-electron chi connectivity index (χ0n) is 12.1. The SMILES string of the molecule is Cc1oc(-c2ccsc2)nc1CC(=O)NC1CCNC1.Cl.Cl. The van der Waals surface area contributed by atoms with Crippen LogP contribution in [0.15, 0.2) is 21.2 Å². The highest BCUT2D eigenvalue weighted by molar-refractivity contribution is 7.08. The molecule has 3 rings (SSSR count). The van der Waals surface area contributed by atoms with Gasteiger partial charge in [0.05, 0.1) is 12.1 Å². The first kappa shape index (κ1) is 19.0. The summed E-state index contributed by atoms with van der Waals surface area (Å²) in [7, 11) is 0. The van der Waals surface area contributed by atoms with E-state index >= 15 is 0 Å². The minimum absolute atomic E-state index is 0. The number of halogens is 2. The lowest BCUT2D eigenvalue weighted by Crippen LogP contribution is -2.37. The average Bonchev–Trinajstić information content (AvgIpc) is 3.12. The minimum atomic E-state index is 0. The van der Waals surface area contributed by atoms with E-state index in [1.54, 1.807) is 11.3 Å². The van der Waals surface area contributed by atoms with Gasteiger partial charge in [-0.05, 0) is 31.3 Å². The summed E-state index contributed by atoms with van der Waals surface area (Å²) in [4.78, 5) is 16.4. The van der Waals surface area contributed by atoms with Crippen molar-refractivity contribution in [1.82, 2.24) is 15.6 Å². The second kappa shape index (κ2) is 8.53. The Kier molecular flexibility index (Phi) is 7.35. The number of thiophene rings is 1. The molecule has 22 heavy (non-hydrogen) atoms. The highest BCUT2D eigenvalue weighted by Gasteiger charge is 2.19. The van der Waals surface area contributed by atoms with Gasteiger partial charge in [-0.3, -0.25) is 4.79 Å². The second-order valence-electron chi connectivity index (χ2n) is 4.97. The van der Waals surface area contributed by atoms with E-state index in [0.29, 0.717) is 11.7 Å². The molecule has 5 nitrogen and oxygen atoms in total. The Morgan fingerprint density at radius 1 is 1.55 bits per heavy atom. The molecular weight excluding hydrogens is 345 g/mol. The maximum absolute atomic E-state index is 12.0. The molecule has 3 heterocycles. The molecule has 2 aromatic rings. The lowest BCUT2D eigenvalue weighted by molar-refractivity contribution is -0.121. The first-order valence-electron chi connectivity index (χ1n) is 6.71. The van der Waals surface area contributed by atoms with E-state index < -0.39 is 0 Å². The molecule has 0 aromatic carbocycles. The Balaban J connectivity index is 0.00000121. The smallest absolute Gasteiger partial charge is 0.227 e. The summed E-state index contributed by atoms with van der Waals surface area (Å²) in [5.74, 6) is 1.31. The number of nitrogens with one attached hydrogen (secondary N) is 2. The molecule has 2 N–H and O–H groups in total. The summed E-state index contributed by atoms with van der Waals surface area (Å²) in [5, 5.41) is 10.2. The third-order valence-corrected chi connectivity index (χ3v) is 4.10. The summed E-state index contributed by atoms with van der Waals surface area (Å²) in [6, 6.07) is 2.20. The molecule has 1 saturated heterocycles. The van der Waals surface area contributed by atoms with Crippen molar-refractivity contribution in [2.45, 2.75) is 25.8 Å². The number of oxazole rings is 1. The Morgan fingerprint density at radius 2 is 2.36 bits per heavy atom. The van der Waals surface area contributed by atoms with Gasteiger partial charge >= 0.3 is 0 Å². The first-order valence-corrected chi connectivity index (χ1v) is 7.65. The van der Waals surface area contributed by atoms with Crippen LogP contribution in [-0.4, -0.2) is 30.0 Å². The molecule has 0 bridgehead atoms. The first-order chi connectivity index (χ1) is 9.72. The van der Waals surface area contributed by atoms with Gasteiger partial charge in [-0.1, -0.05) is 0 Å². The van der Waals surface area contributed by atoms with Gasteiger partial charge in [-0.15, -0.1) is 24.8 Å². The third kappa shape index (κ3) is 4.46. The van der Waals surface area contributed by atoms with Crippen molar-refractivity contribution in [2.24, 2.45) is 0 Å². The third-order valence-electron chi connectivity index (χ3n) is 3.41. The van der Waals surface area contributed by atoms with Crippen molar-refractivity contribution in [3.8, 4) is 11.5 Å². The molecule has 1 unspecified atom stereocenters. The van der Waals surface area contributed by atoms with Crippen LogP contribution < -0.4 is 10.6 Å². The van der Waals surface area contributed by atoms with Gasteiger partial charge in [0.15, 0.2) is 0 Å². The molecule has 0 radical (unpaired) electrons. The largest absolute Gasteiger partial charge is 0.441 e. The Bertz CT molecular complexity index is 595. The van der Waals surface area contributed by atoms with Crippen LogP contribution in [0.2, 0.25) is 0 Å². The predicted octanol–water partition coefficient (Wildman–Crippen LogP) is 2.58. The standard InChI is InChI=1S/C14H17N3O2S.2ClH/c1-9-12(6-13(18)16-11-2-4-15-7-11)17-14(19-9)10-3-5-20-8-10;;/h3,5,8,11,15H,2,4,6-7H2,1H3,(H,16,18);2*1H. The number of aromatic nitrogens is 1. The Morgan fingerprint density at radius 3 is 3.00 bits per heavy atom. The van der Waals surface area contributed by atoms with E-state index in [1.165, 1.54) is 0 Å². The fourth-order valence-corrected chi connectivity index (χ4v) is 2.94. The molecule has 1 atom stereocenters. The van der Waals surface area contributed by atoms with Crippen LogP contribution in [0.1, 0.15) is 17.9 Å². The fraction of sp³-hybridized carbons (Fsp3) is 0.429. The Hall–Kier alpha value is -1.08. The topological polar surface area (TPSA) is 67.2 Å². The van der Waals surface area contributed by atoms with Crippen LogP contribution >= 0.6 is 36.2 Å². The zero-order valence-corrected chi connectivity index (χ0v) is 14.6. The molecule has 1 amide bonds. The highest BCUT2D eigenvalue weighted by atomic mass is 35.5. The summed E-state index contributed by atoms with van der Waals surface area (Å²) in [5.41, 5.74) is 1.68. The molecule has 8 heteroatoms. The number of aryl methyl sites for hydroxylation is 1. The van der Waals surface area contributed by atoms with Crippen LogP contribution in [0.4, 0.5) is 0 Å². The molecule has 1 fully saturated rings. The van der Waals surface area contributed by atoms with Crippen LogP contribution in [-0.2, 0) is 11.2 Å². The maximum Gasteiger partial charge on any atom is 0.227 e. The van der Waals surface area contributed by atoms with Crippen molar-refractivity contribution >= 4 is 42.1 Å². The molecule has 1 aliphatic heterocycles. The molecule has 1 aliphatic rings. The fourth-order valence-electron chi connectivity index (χ4n) is 2.31. The van der Waals surface area contributed by atoms with Crippen molar-refractivity contribution in [2.75, 3.05) is 13.1 Å². The second-order valence-corrected chi connectivity index (χ2v) is 5.75. The van der Waals surface area contributed by atoms with Crippen molar-refractivity contribution in [3.05, 3.63) is 28.3 Å². The molecule has 122 valence electrons. The predicted molar refractivity (Wildman–Crippen MR) is 92.2 cm³/mol. The van der Waals surface area contributed by atoms with E-state index in [2.05, 4.69) is 15.6 Å². The van der Waals surface area contributed by atoms with Crippen molar-refractivity contribution in [3.63, 3.8) is 0 Å². The van der Waals surface area contributed by atoms with E-state index in [4.69, 9.17) is 4.42 Å². The molecule has 0 aliphatic carbocycles. The summed E-state index contributed by atoms with van der Waals surface area (Å²) in [6.45, 7) is 3.67. The number of hydrogen-bond donors (Lipinski definition) is 2. The average molecular weight is 364 g/mol. The number of amides is 1. The van der Waals surface area contributed by atoms with E-state index in [1.807, 2.05) is 23.8 Å². The van der Waals surface area contributed by atoms with Gasteiger partial charge < -0.3 is 15.1 Å². The summed E-state index contributed by atoms with van der Waals surface area (Å²) >= 11 is 1.60. The molecule has 0 saturated carbocycles. The quantitative estimate of drug-likeness (QED) is 0.875. The Labute approximate surface area is 145 Å². The molecule has 2 aromatic heterocycles. The van der Waals surface area contributed by atoms with Gasteiger partial charge in [0.2, 0.25) is 11.8 Å². The van der Waals surface area contributed by atoms with E-state index in [9.17, 15) is 4.79 Å². The number of carbonyl (C=O) groups is 1. The van der Waals surface area contributed by atoms with Crippen molar-refractivity contribution in [1.29, 1.82) is 0 Å². The van der Waals surface area contributed by atoms with Gasteiger partial charge in [-0.2, -0.15) is 11.3 Å². The van der Waals surface area contributed by atoms with Crippen LogP contribution in [0, 0.1) is 6.92 Å². The van der Waals surface area contributed by atoms with Gasteiger partial charge in [0.1, 0.15) is 5.76 Å². The normalized spacial score (nSPS) is 16.7. The monoisotopic (exact) mass is 363 g/mol. The van der Waals surface area contributed by atoms with Gasteiger partial charge in [0, 0.05) is 23.5 Å². The summed E-state index contributed by atoms with van der Waals surface area (Å²) < 4.78 is 5.63. The lowest BCUT2D eigenvalue weighted by atomic mass is 10.2. The minimum Gasteiger partial charge on any atom is -0.441 e. The number of rotatable bonds is 4. The molecule has 0 spiro atoms. The zero-order chi connectivity index (χ0) is 13.9. The summed E-state index contributed by atoms with van der Waals surface area (Å²) in [6.07, 6.45) is 1.26. The van der Waals surface area contributed by atoms with Gasteiger partial charge in [0.25, 0.3) is 0 Å². The number of carbonyl (C=O) groups excluding carboxylic acids is 1. The lowest BCUT2D eigenvalue weighted by Gasteiger charge is -2.10. The van der Waals surface area contributed by atoms with E-state index in [-0.39, 0.29) is 43.2 Å². The van der Waals surface area contributed by atoms with E-state index in [0.717, 1.165) is 30.8 Å². The van der Waals surface area contributed by atoms with Crippen molar-refractivity contribution < 1.29 is 9.21 Å². The van der Waals surface area contributed by atoms with Crippen LogP contribution in [0.3, 0.4) is 0 Å². The maximum atomic E-state index is 12.0. The number of nitrogens with zero attached hydrogens (tertiary/aromatic N) is 1.